The van der Waals surface area contributed by atoms with E-state index < -0.39 is 22.6 Å². The summed E-state index contributed by atoms with van der Waals surface area (Å²) in [5.74, 6) is 0.513. The Morgan fingerprint density at radius 1 is 1.21 bits per heavy atom. The molecule has 6 nitrogen and oxygen atoms in total. The lowest BCUT2D eigenvalue weighted by Crippen LogP contribution is -2.40. The fourth-order valence-corrected chi connectivity index (χ4v) is 4.78. The van der Waals surface area contributed by atoms with Gasteiger partial charge in [-0.05, 0) is 12.1 Å². The SMILES string of the molecule is CC(C)(C)c1nc(N2C[C@H]3CSC(N)=N[C@@]3(c3ccc(F)cn3)C2)ncc1F. The van der Waals surface area contributed by atoms with Crippen LogP contribution in [0.25, 0.3) is 0 Å². The summed E-state index contributed by atoms with van der Waals surface area (Å²) in [6.45, 7) is 6.83. The first-order valence-electron chi connectivity index (χ1n) is 9.07. The first-order chi connectivity index (χ1) is 13.2. The van der Waals surface area contributed by atoms with Gasteiger partial charge in [-0.25, -0.2) is 23.7 Å². The van der Waals surface area contributed by atoms with Crippen LogP contribution in [0.3, 0.4) is 0 Å². The van der Waals surface area contributed by atoms with E-state index in [1.165, 1.54) is 30.2 Å². The Hall–Kier alpha value is -2.29. The van der Waals surface area contributed by atoms with E-state index in [9.17, 15) is 8.78 Å². The summed E-state index contributed by atoms with van der Waals surface area (Å²) in [5, 5.41) is 0.486. The number of halogens is 2. The minimum atomic E-state index is -0.692. The molecule has 2 aliphatic heterocycles. The van der Waals surface area contributed by atoms with Crippen molar-refractivity contribution in [3.8, 4) is 0 Å². The molecule has 1 saturated heterocycles. The summed E-state index contributed by atoms with van der Waals surface area (Å²) in [7, 11) is 0. The van der Waals surface area contributed by atoms with Crippen molar-refractivity contribution in [2.24, 2.45) is 16.6 Å². The molecule has 148 valence electrons. The van der Waals surface area contributed by atoms with Crippen molar-refractivity contribution >= 4 is 22.9 Å². The molecule has 0 spiro atoms. The van der Waals surface area contributed by atoms with Crippen LogP contribution < -0.4 is 10.6 Å². The highest BCUT2D eigenvalue weighted by Crippen LogP contribution is 2.45. The maximum Gasteiger partial charge on any atom is 0.225 e. The van der Waals surface area contributed by atoms with E-state index in [4.69, 9.17) is 10.7 Å². The predicted molar refractivity (Wildman–Crippen MR) is 106 cm³/mol. The molecule has 9 heteroatoms. The Bertz CT molecular complexity index is 927. The summed E-state index contributed by atoms with van der Waals surface area (Å²) in [6.07, 6.45) is 2.42. The Labute approximate surface area is 166 Å². The molecule has 0 bridgehead atoms. The highest BCUT2D eigenvalue weighted by atomic mass is 32.2. The maximum atomic E-state index is 14.2. The molecule has 4 heterocycles. The van der Waals surface area contributed by atoms with Crippen LogP contribution in [-0.4, -0.2) is 39.0 Å². The molecule has 0 radical (unpaired) electrons. The van der Waals surface area contributed by atoms with Gasteiger partial charge < -0.3 is 10.6 Å². The average Bonchev–Trinajstić information content (AvgIpc) is 3.01. The van der Waals surface area contributed by atoms with Crippen molar-refractivity contribution in [3.05, 3.63) is 47.5 Å². The molecule has 4 rings (SSSR count). The van der Waals surface area contributed by atoms with Gasteiger partial charge in [-0.3, -0.25) is 4.98 Å². The highest BCUT2D eigenvalue weighted by Gasteiger charge is 2.51. The zero-order valence-corrected chi connectivity index (χ0v) is 16.8. The number of aliphatic imine (C=N–C) groups is 1. The fourth-order valence-electron chi connectivity index (χ4n) is 3.80. The molecule has 1 fully saturated rings. The van der Waals surface area contributed by atoms with E-state index in [1.54, 1.807) is 6.07 Å². The summed E-state index contributed by atoms with van der Waals surface area (Å²) in [5.41, 5.74) is 5.95. The van der Waals surface area contributed by atoms with Gasteiger partial charge in [0.2, 0.25) is 5.95 Å². The van der Waals surface area contributed by atoms with Crippen LogP contribution in [0, 0.1) is 17.6 Å². The Balaban J connectivity index is 1.75. The van der Waals surface area contributed by atoms with Crippen molar-refractivity contribution < 1.29 is 8.78 Å². The highest BCUT2D eigenvalue weighted by molar-refractivity contribution is 8.13. The van der Waals surface area contributed by atoms with Gasteiger partial charge in [0.05, 0.1) is 30.3 Å². The smallest absolute Gasteiger partial charge is 0.225 e. The van der Waals surface area contributed by atoms with Gasteiger partial charge in [0.25, 0.3) is 0 Å². The van der Waals surface area contributed by atoms with Crippen LogP contribution in [0.2, 0.25) is 0 Å². The summed E-state index contributed by atoms with van der Waals surface area (Å²) in [6, 6.07) is 3.04. The van der Waals surface area contributed by atoms with Gasteiger partial charge in [0, 0.05) is 23.6 Å². The van der Waals surface area contributed by atoms with E-state index in [1.807, 2.05) is 25.7 Å². The van der Waals surface area contributed by atoms with E-state index >= 15 is 0 Å². The monoisotopic (exact) mass is 404 g/mol. The molecule has 2 atom stereocenters. The van der Waals surface area contributed by atoms with Crippen molar-refractivity contribution in [1.29, 1.82) is 0 Å². The number of rotatable bonds is 2. The van der Waals surface area contributed by atoms with Gasteiger partial charge in [0.1, 0.15) is 11.4 Å². The number of hydrogen-bond donors (Lipinski definition) is 1. The first kappa shape index (κ1) is 19.0. The van der Waals surface area contributed by atoms with E-state index in [2.05, 4.69) is 15.0 Å². The second-order valence-electron chi connectivity index (χ2n) is 8.24. The third kappa shape index (κ3) is 3.21. The van der Waals surface area contributed by atoms with Crippen molar-refractivity contribution in [2.45, 2.75) is 31.7 Å². The molecular weight excluding hydrogens is 382 g/mol. The van der Waals surface area contributed by atoms with Crippen molar-refractivity contribution in [1.82, 2.24) is 15.0 Å². The Morgan fingerprint density at radius 3 is 2.68 bits per heavy atom. The molecule has 0 saturated carbocycles. The molecule has 0 aromatic carbocycles. The average molecular weight is 404 g/mol. The van der Waals surface area contributed by atoms with Gasteiger partial charge >= 0.3 is 0 Å². The normalized spacial score (nSPS) is 24.8. The van der Waals surface area contributed by atoms with Crippen LogP contribution in [0.1, 0.15) is 32.2 Å². The zero-order chi connectivity index (χ0) is 20.1. The number of amidine groups is 1. The molecular formula is C19H22F2N6S. The third-order valence-corrected chi connectivity index (χ3v) is 6.14. The zero-order valence-electron chi connectivity index (χ0n) is 16.0. The number of thioether (sulfide) groups is 1. The number of pyridine rings is 1. The molecule has 2 aliphatic rings. The lowest BCUT2D eigenvalue weighted by molar-refractivity contribution is 0.376. The lowest BCUT2D eigenvalue weighted by Gasteiger charge is -2.33. The Kier molecular flexibility index (Phi) is 4.52. The maximum absolute atomic E-state index is 14.2. The second kappa shape index (κ2) is 6.65. The standard InChI is InChI=1S/C19H22F2N6S/c1-18(2,3)15-13(21)7-24-17(25-15)27-8-11-9-28-16(22)26-19(11,10-27)14-5-4-12(20)6-23-14/h4-7,11H,8-10H2,1-3H3,(H2,22,26)/t11-,19-/m0/s1. The molecule has 2 aromatic rings. The molecule has 0 aliphatic carbocycles. The van der Waals surface area contributed by atoms with Crippen LogP contribution in [-0.2, 0) is 11.0 Å². The number of aromatic nitrogens is 3. The minimum Gasteiger partial charge on any atom is -0.379 e. The summed E-state index contributed by atoms with van der Waals surface area (Å²) < 4.78 is 27.7. The molecule has 0 unspecified atom stereocenters. The third-order valence-electron chi connectivity index (χ3n) is 5.19. The van der Waals surface area contributed by atoms with Crippen LogP contribution in [0.4, 0.5) is 14.7 Å². The largest absolute Gasteiger partial charge is 0.379 e. The minimum absolute atomic E-state index is 0.106. The second-order valence-corrected chi connectivity index (χ2v) is 9.28. The van der Waals surface area contributed by atoms with E-state index in [0.717, 1.165) is 5.75 Å². The number of hydrogen-bond acceptors (Lipinski definition) is 7. The van der Waals surface area contributed by atoms with E-state index in [-0.39, 0.29) is 5.92 Å². The van der Waals surface area contributed by atoms with Crippen LogP contribution in [0.15, 0.2) is 29.5 Å². The van der Waals surface area contributed by atoms with Crippen LogP contribution >= 0.6 is 11.8 Å². The number of nitrogens with two attached hydrogens (primary N) is 1. The molecule has 0 amide bonds. The number of anilines is 1. The fraction of sp³-hybridized carbons (Fsp3) is 0.474. The van der Waals surface area contributed by atoms with Crippen LogP contribution in [0.5, 0.6) is 0 Å². The predicted octanol–water partition coefficient (Wildman–Crippen LogP) is 2.84. The number of fused-ring (bicyclic) bond motifs is 1. The Morgan fingerprint density at radius 2 is 2.00 bits per heavy atom. The van der Waals surface area contributed by atoms with Gasteiger partial charge in [-0.2, -0.15) is 0 Å². The van der Waals surface area contributed by atoms with Gasteiger partial charge in [-0.1, -0.05) is 32.5 Å². The van der Waals surface area contributed by atoms with Gasteiger partial charge in [-0.15, -0.1) is 0 Å². The van der Waals surface area contributed by atoms with Crippen molar-refractivity contribution in [2.75, 3.05) is 23.7 Å². The molecule has 2 N–H and O–H groups in total. The van der Waals surface area contributed by atoms with Crippen molar-refractivity contribution in [3.63, 3.8) is 0 Å². The first-order valence-corrected chi connectivity index (χ1v) is 10.1. The lowest BCUT2D eigenvalue weighted by atomic mass is 9.85. The number of nitrogens with zero attached hydrogens (tertiary/aromatic N) is 5. The molecule has 28 heavy (non-hydrogen) atoms. The summed E-state index contributed by atoms with van der Waals surface area (Å²) >= 11 is 1.50. The van der Waals surface area contributed by atoms with Gasteiger partial charge in [0.15, 0.2) is 11.0 Å². The summed E-state index contributed by atoms with van der Waals surface area (Å²) in [4.78, 5) is 19.8. The quantitative estimate of drug-likeness (QED) is 0.829. The molecule has 2 aromatic heterocycles. The topological polar surface area (TPSA) is 80.3 Å². The van der Waals surface area contributed by atoms with E-state index in [0.29, 0.717) is 35.6 Å².